The number of benzene rings is 1. The van der Waals surface area contributed by atoms with Crippen LogP contribution in [0.5, 0.6) is 0 Å². The first-order valence-electron chi connectivity index (χ1n) is 13.6. The summed E-state index contributed by atoms with van der Waals surface area (Å²) in [6.07, 6.45) is 8.81. The molecular weight excluding hydrogens is 462 g/mol. The second-order valence-electron chi connectivity index (χ2n) is 9.70. The topological polar surface area (TPSA) is 81.3 Å². The van der Waals surface area contributed by atoms with E-state index in [4.69, 9.17) is 0 Å². The van der Waals surface area contributed by atoms with Crippen LogP contribution in [-0.4, -0.2) is 63.8 Å². The summed E-state index contributed by atoms with van der Waals surface area (Å²) in [4.78, 5) is 39.4. The normalized spacial score (nSPS) is 14.9. The van der Waals surface area contributed by atoms with Gasteiger partial charge in [0.2, 0.25) is 5.91 Å². The van der Waals surface area contributed by atoms with Gasteiger partial charge in [0.25, 0.3) is 5.91 Å². The highest BCUT2D eigenvalue weighted by atomic mass is 16.2. The molecule has 4 rings (SSSR count). The molecule has 3 aromatic rings. The Hall–Kier alpha value is -3.45. The van der Waals surface area contributed by atoms with Crippen LogP contribution in [0.3, 0.4) is 0 Å². The minimum Gasteiger partial charge on any atom is -0.351 e. The monoisotopic (exact) mass is 501 g/mol. The second kappa shape index (κ2) is 13.2. The number of nitrogens with zero attached hydrogens (tertiary/aromatic N) is 3. The van der Waals surface area contributed by atoms with E-state index in [1.54, 1.807) is 17.3 Å². The molecule has 1 aliphatic rings. The predicted octanol–water partition coefficient (Wildman–Crippen LogP) is 5.05. The zero-order valence-electron chi connectivity index (χ0n) is 22.0. The number of carbonyl (C=O) groups is 2. The molecule has 0 bridgehead atoms. The van der Waals surface area contributed by atoms with Crippen molar-refractivity contribution in [1.29, 1.82) is 0 Å². The van der Waals surface area contributed by atoms with Gasteiger partial charge in [-0.25, -0.2) is 0 Å². The van der Waals surface area contributed by atoms with Crippen LogP contribution < -0.4 is 5.32 Å². The Morgan fingerprint density at radius 3 is 2.32 bits per heavy atom. The molecule has 0 unspecified atom stereocenters. The summed E-state index contributed by atoms with van der Waals surface area (Å²) < 4.78 is 0. The van der Waals surface area contributed by atoms with Crippen molar-refractivity contribution in [3.63, 3.8) is 0 Å². The molecule has 37 heavy (non-hydrogen) atoms. The lowest BCUT2D eigenvalue weighted by atomic mass is 9.94. The molecule has 0 radical (unpaired) electrons. The molecule has 0 aliphatic heterocycles. The molecule has 7 heteroatoms. The number of nitrogens with one attached hydrogen (secondary N) is 2. The van der Waals surface area contributed by atoms with Crippen molar-refractivity contribution in [3.8, 4) is 11.3 Å². The largest absolute Gasteiger partial charge is 0.351 e. The first kappa shape index (κ1) is 26.6. The van der Waals surface area contributed by atoms with Crippen LogP contribution in [0, 0.1) is 0 Å². The van der Waals surface area contributed by atoms with Gasteiger partial charge in [0.15, 0.2) is 0 Å². The fourth-order valence-corrected chi connectivity index (χ4v) is 5.14. The van der Waals surface area contributed by atoms with Gasteiger partial charge in [0.05, 0.1) is 0 Å². The summed E-state index contributed by atoms with van der Waals surface area (Å²) in [7, 11) is 0. The van der Waals surface area contributed by atoms with E-state index >= 15 is 0 Å². The van der Waals surface area contributed by atoms with Crippen LogP contribution in [0.2, 0.25) is 0 Å². The highest BCUT2D eigenvalue weighted by Crippen LogP contribution is 2.26. The zero-order chi connectivity index (χ0) is 26.0. The molecule has 1 atom stereocenters. The van der Waals surface area contributed by atoms with E-state index in [2.05, 4.69) is 34.0 Å². The molecule has 1 saturated carbocycles. The molecule has 7 nitrogen and oxygen atoms in total. The van der Waals surface area contributed by atoms with Crippen molar-refractivity contribution < 1.29 is 9.59 Å². The van der Waals surface area contributed by atoms with Gasteiger partial charge < -0.3 is 20.1 Å². The number of aromatic amines is 1. The fraction of sp³-hybridized carbons (Fsp3) is 0.433. The van der Waals surface area contributed by atoms with E-state index in [1.807, 2.05) is 54.6 Å². The summed E-state index contributed by atoms with van der Waals surface area (Å²) in [5.74, 6) is -0.309. The van der Waals surface area contributed by atoms with Crippen molar-refractivity contribution in [2.24, 2.45) is 0 Å². The van der Waals surface area contributed by atoms with Crippen molar-refractivity contribution in [2.75, 3.05) is 26.2 Å². The van der Waals surface area contributed by atoms with Crippen molar-refractivity contribution in [1.82, 2.24) is 25.1 Å². The van der Waals surface area contributed by atoms with Crippen LogP contribution in [-0.2, 0) is 4.79 Å². The van der Waals surface area contributed by atoms with E-state index < -0.39 is 6.04 Å². The average molecular weight is 502 g/mol. The maximum Gasteiger partial charge on any atom is 0.271 e. The number of pyridine rings is 1. The van der Waals surface area contributed by atoms with E-state index in [0.29, 0.717) is 18.8 Å². The number of carbonyl (C=O) groups excluding carboxylic acids is 2. The van der Waals surface area contributed by atoms with E-state index in [-0.39, 0.29) is 17.9 Å². The van der Waals surface area contributed by atoms with Gasteiger partial charge in [-0.1, -0.05) is 63.4 Å². The van der Waals surface area contributed by atoms with Gasteiger partial charge in [0.1, 0.15) is 11.7 Å². The van der Waals surface area contributed by atoms with Crippen LogP contribution in [0.4, 0.5) is 0 Å². The third-order valence-electron chi connectivity index (χ3n) is 7.35. The number of hydrogen-bond acceptors (Lipinski definition) is 4. The smallest absolute Gasteiger partial charge is 0.271 e. The number of aromatic nitrogens is 2. The molecular formula is C30H39N5O2. The Balaban J connectivity index is 1.66. The Labute approximate surface area is 220 Å². The van der Waals surface area contributed by atoms with Crippen LogP contribution in [0.1, 0.15) is 68.0 Å². The molecule has 196 valence electrons. The highest BCUT2D eigenvalue weighted by Gasteiger charge is 2.34. The molecule has 0 spiro atoms. The van der Waals surface area contributed by atoms with Crippen molar-refractivity contribution in [3.05, 3.63) is 78.2 Å². The first-order valence-corrected chi connectivity index (χ1v) is 13.6. The van der Waals surface area contributed by atoms with Gasteiger partial charge in [-0.05, 0) is 61.3 Å². The number of H-pyrrole nitrogens is 1. The van der Waals surface area contributed by atoms with Crippen molar-refractivity contribution >= 4 is 11.8 Å². The minimum atomic E-state index is -0.739. The van der Waals surface area contributed by atoms with E-state index in [1.165, 1.54) is 6.42 Å². The molecule has 1 aromatic carbocycles. The van der Waals surface area contributed by atoms with Gasteiger partial charge >= 0.3 is 0 Å². The number of rotatable bonds is 11. The summed E-state index contributed by atoms with van der Waals surface area (Å²) in [6.45, 7) is 7.11. The fourth-order valence-electron chi connectivity index (χ4n) is 5.14. The van der Waals surface area contributed by atoms with Gasteiger partial charge in [-0.3, -0.25) is 14.6 Å². The summed E-state index contributed by atoms with van der Waals surface area (Å²) in [5, 5.41) is 3.27. The molecule has 2 aromatic heterocycles. The van der Waals surface area contributed by atoms with E-state index in [0.717, 1.165) is 55.6 Å². The minimum absolute atomic E-state index is 0.124. The second-order valence-corrected chi connectivity index (χ2v) is 9.70. The third kappa shape index (κ3) is 6.86. The summed E-state index contributed by atoms with van der Waals surface area (Å²) in [5.41, 5.74) is 3.13. The molecule has 2 amide bonds. The number of hydrogen-bond donors (Lipinski definition) is 2. The molecule has 2 heterocycles. The molecule has 1 aliphatic carbocycles. The lowest BCUT2D eigenvalue weighted by Crippen LogP contribution is -2.49. The molecule has 0 saturated heterocycles. The lowest BCUT2D eigenvalue weighted by Gasteiger charge is -2.34. The van der Waals surface area contributed by atoms with E-state index in [9.17, 15) is 9.59 Å². The quantitative estimate of drug-likeness (QED) is 0.385. The Morgan fingerprint density at radius 2 is 1.65 bits per heavy atom. The zero-order valence-corrected chi connectivity index (χ0v) is 22.0. The van der Waals surface area contributed by atoms with Crippen LogP contribution in [0.25, 0.3) is 11.3 Å². The average Bonchev–Trinajstić information content (AvgIpc) is 3.44. The molecule has 1 fully saturated rings. The number of amides is 2. The third-order valence-corrected chi connectivity index (χ3v) is 7.35. The Morgan fingerprint density at radius 1 is 0.946 bits per heavy atom. The Bertz CT molecular complexity index is 1120. The van der Waals surface area contributed by atoms with Gasteiger partial charge in [0, 0.05) is 37.2 Å². The maximum atomic E-state index is 14.1. The maximum absolute atomic E-state index is 14.1. The lowest BCUT2D eigenvalue weighted by molar-refractivity contribution is -0.127. The van der Waals surface area contributed by atoms with Gasteiger partial charge in [-0.2, -0.15) is 0 Å². The standard InChI is InChI=1S/C30H39N5O2/c1-3-34(4-2)21-22-35(30(37)27-16-15-26(33-27)23-11-7-5-8-12-23)28(24-17-19-31-20-18-24)29(36)32-25-13-9-6-10-14-25/h5,7-8,11-12,15-20,25,28,33H,3-4,6,9-10,13-14,21-22H2,1-2H3,(H,32,36)/t28-/m0/s1. The predicted molar refractivity (Wildman–Crippen MR) is 147 cm³/mol. The van der Waals surface area contributed by atoms with Crippen LogP contribution in [0.15, 0.2) is 67.0 Å². The van der Waals surface area contributed by atoms with Gasteiger partial charge in [-0.15, -0.1) is 0 Å². The first-order chi connectivity index (χ1) is 18.1. The summed E-state index contributed by atoms with van der Waals surface area (Å²) >= 11 is 0. The van der Waals surface area contributed by atoms with Crippen LogP contribution >= 0.6 is 0 Å². The Kier molecular flexibility index (Phi) is 9.49. The highest BCUT2D eigenvalue weighted by molar-refractivity contribution is 5.97. The summed E-state index contributed by atoms with van der Waals surface area (Å²) in [6, 6.07) is 16.8. The molecule has 2 N–H and O–H groups in total. The van der Waals surface area contributed by atoms with Crippen molar-refractivity contribution in [2.45, 2.75) is 58.0 Å². The SMILES string of the molecule is CCN(CC)CCN(C(=O)c1ccc(-c2ccccc2)[nH]1)[C@H](C(=O)NC1CCCCC1)c1ccncc1. The number of likely N-dealkylation sites (N-methyl/N-ethyl adjacent to an activating group) is 1.